The first-order valence-electron chi connectivity index (χ1n) is 8.91. The van der Waals surface area contributed by atoms with Crippen LogP contribution in [0.4, 0.5) is 0 Å². The van der Waals surface area contributed by atoms with Gasteiger partial charge in [-0.15, -0.1) is 0 Å². The normalized spacial score (nSPS) is 13.8. The van der Waals surface area contributed by atoms with E-state index in [0.29, 0.717) is 5.56 Å². The van der Waals surface area contributed by atoms with Gasteiger partial charge >= 0.3 is 11.9 Å². The molecule has 0 saturated carbocycles. The molecule has 0 radical (unpaired) electrons. The van der Waals surface area contributed by atoms with Gasteiger partial charge in [0.05, 0.1) is 7.11 Å². The Morgan fingerprint density at radius 2 is 1.62 bits per heavy atom. The molecule has 9 heteroatoms. The third kappa shape index (κ3) is 6.89. The molecule has 3 rings (SSSR count). The van der Waals surface area contributed by atoms with Gasteiger partial charge in [-0.1, -0.05) is 6.07 Å². The highest BCUT2D eigenvalue weighted by Gasteiger charge is 2.22. The van der Waals surface area contributed by atoms with Gasteiger partial charge < -0.3 is 19.8 Å². The molecule has 2 aromatic rings. The van der Waals surface area contributed by atoms with Crippen LogP contribution in [0.1, 0.15) is 15.9 Å². The summed E-state index contributed by atoms with van der Waals surface area (Å²) in [6, 6.07) is 11.3. The first kappa shape index (κ1) is 21.8. The zero-order valence-corrected chi connectivity index (χ0v) is 16.0. The smallest absolute Gasteiger partial charge is 0.414 e. The number of hydrogen-bond donors (Lipinski definition) is 2. The lowest BCUT2D eigenvalue weighted by Gasteiger charge is -2.34. The van der Waals surface area contributed by atoms with Gasteiger partial charge in [0.2, 0.25) is 0 Å². The Kier molecular flexibility index (Phi) is 8.11. The summed E-state index contributed by atoms with van der Waals surface area (Å²) in [5.41, 5.74) is 1.92. The molecule has 2 N–H and O–H groups in total. The summed E-state index contributed by atoms with van der Waals surface area (Å²) in [4.78, 5) is 39.1. The van der Waals surface area contributed by atoms with Crippen LogP contribution in [-0.4, -0.2) is 76.1 Å². The zero-order valence-electron chi connectivity index (χ0n) is 16.0. The summed E-state index contributed by atoms with van der Waals surface area (Å²) in [5.74, 6) is -2.79. The molecule has 1 aromatic heterocycles. The van der Waals surface area contributed by atoms with Crippen LogP contribution >= 0.6 is 0 Å². The lowest BCUT2D eigenvalue weighted by Crippen LogP contribution is -2.48. The molecule has 1 fully saturated rings. The summed E-state index contributed by atoms with van der Waals surface area (Å²) in [7, 11) is 1.62. The highest BCUT2D eigenvalue weighted by molar-refractivity contribution is 6.27. The van der Waals surface area contributed by atoms with E-state index in [0.717, 1.165) is 38.5 Å². The van der Waals surface area contributed by atoms with E-state index in [2.05, 4.69) is 16.0 Å². The average Bonchev–Trinajstić information content (AvgIpc) is 2.75. The number of carboxylic acid groups (broad SMARTS) is 2. The van der Waals surface area contributed by atoms with Gasteiger partial charge in [-0.25, -0.2) is 9.59 Å². The molecule has 1 aliphatic rings. The van der Waals surface area contributed by atoms with E-state index in [9.17, 15) is 4.79 Å². The van der Waals surface area contributed by atoms with E-state index in [-0.39, 0.29) is 5.91 Å². The van der Waals surface area contributed by atoms with Gasteiger partial charge in [0.1, 0.15) is 5.75 Å². The van der Waals surface area contributed by atoms with Crippen LogP contribution in [0.5, 0.6) is 5.75 Å². The molecule has 1 saturated heterocycles. The molecule has 1 aliphatic heterocycles. The third-order valence-corrected chi connectivity index (χ3v) is 4.31. The van der Waals surface area contributed by atoms with E-state index in [1.807, 2.05) is 41.4 Å². The van der Waals surface area contributed by atoms with Crippen LogP contribution in [0.3, 0.4) is 0 Å². The minimum Gasteiger partial charge on any atom is -0.497 e. The number of carbonyl (C=O) groups excluding carboxylic acids is 1. The van der Waals surface area contributed by atoms with Crippen LogP contribution in [0.15, 0.2) is 48.8 Å². The fourth-order valence-electron chi connectivity index (χ4n) is 2.78. The predicted octanol–water partition coefficient (Wildman–Crippen LogP) is 1.20. The standard InChI is InChI=1S/C18H21N3O2.C2H2O4/c1-23-17-6-4-16(5-7-17)18(22)21-11-9-20(10-12-21)14-15-3-2-8-19-13-15;3-1(4)2(5)6/h2-8,13H,9-12,14H2,1H3;(H,3,4)(H,5,6). The number of amides is 1. The number of rotatable bonds is 4. The summed E-state index contributed by atoms with van der Waals surface area (Å²) in [6.07, 6.45) is 3.68. The molecule has 0 aliphatic carbocycles. The van der Waals surface area contributed by atoms with Gasteiger partial charge in [0, 0.05) is 50.7 Å². The molecule has 2 heterocycles. The number of methoxy groups -OCH3 is 1. The number of carboxylic acids is 2. The van der Waals surface area contributed by atoms with Gasteiger partial charge in [-0.2, -0.15) is 0 Å². The second-order valence-corrected chi connectivity index (χ2v) is 6.27. The van der Waals surface area contributed by atoms with Crippen LogP contribution in [0, 0.1) is 0 Å². The van der Waals surface area contributed by atoms with E-state index < -0.39 is 11.9 Å². The van der Waals surface area contributed by atoms with Crippen molar-refractivity contribution in [3.8, 4) is 5.75 Å². The number of benzene rings is 1. The van der Waals surface area contributed by atoms with Crippen LogP contribution < -0.4 is 4.74 Å². The van der Waals surface area contributed by atoms with Crippen molar-refractivity contribution in [2.75, 3.05) is 33.3 Å². The van der Waals surface area contributed by atoms with Gasteiger partial charge in [-0.3, -0.25) is 14.7 Å². The number of pyridine rings is 1. The van der Waals surface area contributed by atoms with E-state index in [1.165, 1.54) is 5.56 Å². The monoisotopic (exact) mass is 401 g/mol. The molecule has 1 amide bonds. The molecule has 29 heavy (non-hydrogen) atoms. The molecular weight excluding hydrogens is 378 g/mol. The second kappa shape index (κ2) is 10.8. The Morgan fingerprint density at radius 3 is 2.10 bits per heavy atom. The minimum absolute atomic E-state index is 0.0914. The maximum absolute atomic E-state index is 12.5. The Hall–Kier alpha value is -3.46. The number of carbonyl (C=O) groups is 3. The topological polar surface area (TPSA) is 120 Å². The summed E-state index contributed by atoms with van der Waals surface area (Å²) >= 11 is 0. The molecular formula is C20H23N3O6. The summed E-state index contributed by atoms with van der Waals surface area (Å²) in [5, 5.41) is 14.8. The van der Waals surface area contributed by atoms with Crippen LogP contribution in [0.2, 0.25) is 0 Å². The average molecular weight is 401 g/mol. The Morgan fingerprint density at radius 1 is 1.00 bits per heavy atom. The maximum atomic E-state index is 12.5. The predicted molar refractivity (Wildman–Crippen MR) is 104 cm³/mol. The molecule has 0 atom stereocenters. The lowest BCUT2D eigenvalue weighted by molar-refractivity contribution is -0.159. The van der Waals surface area contributed by atoms with Crippen molar-refractivity contribution in [1.29, 1.82) is 0 Å². The Labute approximate surface area is 168 Å². The third-order valence-electron chi connectivity index (χ3n) is 4.31. The van der Waals surface area contributed by atoms with Crippen LogP contribution in [0.25, 0.3) is 0 Å². The van der Waals surface area contributed by atoms with Gasteiger partial charge in [0.25, 0.3) is 5.91 Å². The van der Waals surface area contributed by atoms with Crippen LogP contribution in [-0.2, 0) is 16.1 Å². The maximum Gasteiger partial charge on any atom is 0.414 e. The van der Waals surface area contributed by atoms with E-state index in [1.54, 1.807) is 13.3 Å². The largest absolute Gasteiger partial charge is 0.497 e. The van der Waals surface area contributed by atoms with Crippen molar-refractivity contribution in [3.05, 3.63) is 59.9 Å². The Bertz CT molecular complexity index is 806. The van der Waals surface area contributed by atoms with Gasteiger partial charge in [0.15, 0.2) is 0 Å². The molecule has 1 aromatic carbocycles. The lowest BCUT2D eigenvalue weighted by atomic mass is 10.1. The first-order chi connectivity index (χ1) is 13.9. The number of nitrogens with zero attached hydrogens (tertiary/aromatic N) is 3. The first-order valence-corrected chi connectivity index (χ1v) is 8.91. The number of aliphatic carboxylic acids is 2. The summed E-state index contributed by atoms with van der Waals surface area (Å²) in [6.45, 7) is 4.17. The van der Waals surface area contributed by atoms with Gasteiger partial charge in [-0.05, 0) is 35.9 Å². The van der Waals surface area contributed by atoms with Crippen molar-refractivity contribution >= 4 is 17.8 Å². The number of aromatic nitrogens is 1. The Balaban J connectivity index is 0.000000438. The number of piperazine rings is 1. The highest BCUT2D eigenvalue weighted by atomic mass is 16.5. The van der Waals surface area contributed by atoms with E-state index >= 15 is 0 Å². The van der Waals surface area contributed by atoms with Crippen molar-refractivity contribution in [3.63, 3.8) is 0 Å². The number of hydrogen-bond acceptors (Lipinski definition) is 6. The SMILES string of the molecule is COc1ccc(C(=O)N2CCN(Cc3cccnc3)CC2)cc1.O=C(O)C(=O)O. The van der Waals surface area contributed by atoms with Crippen molar-refractivity contribution < 1.29 is 29.3 Å². The fourth-order valence-corrected chi connectivity index (χ4v) is 2.78. The quantitative estimate of drug-likeness (QED) is 0.734. The molecule has 0 bridgehead atoms. The number of ether oxygens (including phenoxy) is 1. The van der Waals surface area contributed by atoms with Crippen molar-refractivity contribution in [2.24, 2.45) is 0 Å². The minimum atomic E-state index is -1.82. The highest BCUT2D eigenvalue weighted by Crippen LogP contribution is 2.15. The molecule has 154 valence electrons. The summed E-state index contributed by atoms with van der Waals surface area (Å²) < 4.78 is 5.13. The molecule has 0 spiro atoms. The van der Waals surface area contributed by atoms with Crippen molar-refractivity contribution in [2.45, 2.75) is 6.54 Å². The molecule has 0 unspecified atom stereocenters. The van der Waals surface area contributed by atoms with Crippen molar-refractivity contribution in [1.82, 2.24) is 14.8 Å². The zero-order chi connectivity index (χ0) is 21.2. The second-order valence-electron chi connectivity index (χ2n) is 6.27. The van der Waals surface area contributed by atoms with E-state index in [4.69, 9.17) is 24.5 Å². The molecule has 9 nitrogen and oxygen atoms in total. The fraction of sp³-hybridized carbons (Fsp3) is 0.300.